The highest BCUT2D eigenvalue weighted by molar-refractivity contribution is 5.58. The zero-order valence-electron chi connectivity index (χ0n) is 7.27. The average molecular weight is 143 g/mol. The van der Waals surface area contributed by atoms with E-state index in [0.29, 0.717) is 0 Å². The third kappa shape index (κ3) is 2.97. The predicted octanol–water partition coefficient (Wildman–Crippen LogP) is 1.21. The minimum Gasteiger partial charge on any atom is -0.308 e. The Morgan fingerprint density at radius 1 is 1.50 bits per heavy atom. The summed E-state index contributed by atoms with van der Waals surface area (Å²) in [6, 6.07) is -0.0162. The van der Waals surface area contributed by atoms with Gasteiger partial charge in [-0.25, -0.2) is 0 Å². The Kier molecular flexibility index (Phi) is 3.58. The van der Waals surface area contributed by atoms with Gasteiger partial charge in [0.05, 0.1) is 6.04 Å². The van der Waals surface area contributed by atoms with Gasteiger partial charge in [-0.2, -0.15) is 0 Å². The largest absolute Gasteiger partial charge is 0.308 e. The summed E-state index contributed by atoms with van der Waals surface area (Å²) in [5.74, 6) is 0. The number of carbonyl (C=O) groups is 1. The lowest BCUT2D eigenvalue weighted by atomic mass is 9.88. The van der Waals surface area contributed by atoms with Crippen molar-refractivity contribution in [2.75, 3.05) is 6.54 Å². The van der Waals surface area contributed by atoms with E-state index in [1.54, 1.807) is 0 Å². The summed E-state index contributed by atoms with van der Waals surface area (Å²) in [5.41, 5.74) is 0.0394. The van der Waals surface area contributed by atoms with E-state index in [9.17, 15) is 4.79 Å². The normalized spacial score (nSPS) is 14.8. The maximum Gasteiger partial charge on any atom is 0.137 e. The molecule has 0 aromatic heterocycles. The summed E-state index contributed by atoms with van der Waals surface area (Å²) in [6.07, 6.45) is 0.976. The lowest BCUT2D eigenvalue weighted by Crippen LogP contribution is -2.41. The molecule has 60 valence electrons. The molecule has 0 spiro atoms. The fourth-order valence-electron chi connectivity index (χ4n) is 0.778. The molecule has 0 fully saturated rings. The van der Waals surface area contributed by atoms with Crippen LogP contribution in [0.4, 0.5) is 0 Å². The van der Waals surface area contributed by atoms with E-state index in [1.807, 2.05) is 6.92 Å². The second-order valence-corrected chi connectivity index (χ2v) is 3.54. The van der Waals surface area contributed by atoms with Crippen LogP contribution in [0.5, 0.6) is 0 Å². The zero-order valence-corrected chi connectivity index (χ0v) is 7.27. The smallest absolute Gasteiger partial charge is 0.137 e. The molecular formula is C8H17NO. The minimum absolute atomic E-state index is 0.0162. The van der Waals surface area contributed by atoms with Crippen LogP contribution in [-0.2, 0) is 4.79 Å². The first-order valence-corrected chi connectivity index (χ1v) is 3.71. The zero-order chi connectivity index (χ0) is 8.20. The molecule has 0 saturated carbocycles. The van der Waals surface area contributed by atoms with Crippen LogP contribution in [0.3, 0.4) is 0 Å². The van der Waals surface area contributed by atoms with Gasteiger partial charge in [-0.1, -0.05) is 27.7 Å². The standard InChI is InChI=1S/C8H17NO/c1-5-9-7(6-10)8(2,3)4/h6-7,9H,5H2,1-4H3. The number of likely N-dealkylation sites (N-methyl/N-ethyl adjacent to an activating group) is 1. The predicted molar refractivity (Wildman–Crippen MR) is 43.0 cm³/mol. The second-order valence-electron chi connectivity index (χ2n) is 3.54. The van der Waals surface area contributed by atoms with Crippen LogP contribution in [0, 0.1) is 5.41 Å². The third-order valence-corrected chi connectivity index (χ3v) is 1.49. The van der Waals surface area contributed by atoms with Crippen LogP contribution in [0.25, 0.3) is 0 Å². The Bertz CT molecular complexity index is 104. The molecular weight excluding hydrogens is 126 g/mol. The van der Waals surface area contributed by atoms with Gasteiger partial charge in [0.25, 0.3) is 0 Å². The fourth-order valence-corrected chi connectivity index (χ4v) is 0.778. The van der Waals surface area contributed by atoms with Crippen molar-refractivity contribution in [3.05, 3.63) is 0 Å². The van der Waals surface area contributed by atoms with Crippen LogP contribution >= 0.6 is 0 Å². The molecule has 0 radical (unpaired) electrons. The van der Waals surface area contributed by atoms with Crippen LogP contribution in [-0.4, -0.2) is 18.9 Å². The topological polar surface area (TPSA) is 29.1 Å². The molecule has 2 nitrogen and oxygen atoms in total. The van der Waals surface area contributed by atoms with Crippen molar-refractivity contribution in [2.45, 2.75) is 33.7 Å². The van der Waals surface area contributed by atoms with Gasteiger partial charge in [0, 0.05) is 0 Å². The molecule has 10 heavy (non-hydrogen) atoms. The van der Waals surface area contributed by atoms with E-state index in [1.165, 1.54) is 0 Å². The maximum atomic E-state index is 10.5. The molecule has 2 heteroatoms. The van der Waals surface area contributed by atoms with Gasteiger partial charge in [0.1, 0.15) is 6.29 Å². The van der Waals surface area contributed by atoms with Crippen molar-refractivity contribution in [3.8, 4) is 0 Å². The average Bonchev–Trinajstić information content (AvgIpc) is 1.80. The highest BCUT2D eigenvalue weighted by atomic mass is 16.1. The maximum absolute atomic E-state index is 10.5. The molecule has 0 aliphatic rings. The van der Waals surface area contributed by atoms with Crippen molar-refractivity contribution in [1.82, 2.24) is 5.32 Å². The number of aldehydes is 1. The number of carbonyl (C=O) groups excluding carboxylic acids is 1. The van der Waals surface area contributed by atoms with Crippen molar-refractivity contribution in [1.29, 1.82) is 0 Å². The minimum atomic E-state index is -0.0162. The Hall–Kier alpha value is -0.370. The molecule has 0 aliphatic heterocycles. The SMILES string of the molecule is CCNC(C=O)C(C)(C)C. The summed E-state index contributed by atoms with van der Waals surface area (Å²) in [7, 11) is 0. The summed E-state index contributed by atoms with van der Waals surface area (Å²) in [4.78, 5) is 10.5. The van der Waals surface area contributed by atoms with Gasteiger partial charge in [-0.3, -0.25) is 0 Å². The first-order chi connectivity index (χ1) is 4.52. The highest BCUT2D eigenvalue weighted by Gasteiger charge is 2.22. The molecule has 1 atom stereocenters. The van der Waals surface area contributed by atoms with Gasteiger partial charge < -0.3 is 10.1 Å². The number of hydrogen-bond donors (Lipinski definition) is 1. The number of rotatable bonds is 3. The summed E-state index contributed by atoms with van der Waals surface area (Å²) in [5, 5.41) is 3.10. The first kappa shape index (κ1) is 9.63. The van der Waals surface area contributed by atoms with Crippen molar-refractivity contribution in [3.63, 3.8) is 0 Å². The van der Waals surface area contributed by atoms with Gasteiger partial charge in [0.15, 0.2) is 0 Å². The molecule has 0 rings (SSSR count). The van der Waals surface area contributed by atoms with Gasteiger partial charge in [-0.05, 0) is 12.0 Å². The monoisotopic (exact) mass is 143 g/mol. The van der Waals surface area contributed by atoms with Crippen molar-refractivity contribution in [2.24, 2.45) is 5.41 Å². The Balaban J connectivity index is 3.93. The molecule has 0 saturated heterocycles. The summed E-state index contributed by atoms with van der Waals surface area (Å²) >= 11 is 0. The Morgan fingerprint density at radius 2 is 2.00 bits per heavy atom. The lowest BCUT2D eigenvalue weighted by Gasteiger charge is -2.26. The molecule has 0 bridgehead atoms. The molecule has 0 aromatic carbocycles. The van der Waals surface area contributed by atoms with Crippen LogP contribution in [0.1, 0.15) is 27.7 Å². The van der Waals surface area contributed by atoms with Crippen LogP contribution in [0.15, 0.2) is 0 Å². The van der Waals surface area contributed by atoms with E-state index >= 15 is 0 Å². The summed E-state index contributed by atoms with van der Waals surface area (Å²) < 4.78 is 0. The first-order valence-electron chi connectivity index (χ1n) is 3.71. The van der Waals surface area contributed by atoms with Gasteiger partial charge in [-0.15, -0.1) is 0 Å². The van der Waals surface area contributed by atoms with E-state index in [4.69, 9.17) is 0 Å². The van der Waals surface area contributed by atoms with E-state index < -0.39 is 0 Å². The van der Waals surface area contributed by atoms with Crippen LogP contribution in [0.2, 0.25) is 0 Å². The Morgan fingerprint density at radius 3 is 2.10 bits per heavy atom. The summed E-state index contributed by atoms with van der Waals surface area (Å²) in [6.45, 7) is 9.00. The third-order valence-electron chi connectivity index (χ3n) is 1.49. The lowest BCUT2D eigenvalue weighted by molar-refractivity contribution is -0.111. The molecule has 1 unspecified atom stereocenters. The van der Waals surface area contributed by atoms with E-state index in [0.717, 1.165) is 12.8 Å². The number of hydrogen-bond acceptors (Lipinski definition) is 2. The molecule has 0 heterocycles. The second kappa shape index (κ2) is 3.71. The fraction of sp³-hybridized carbons (Fsp3) is 0.875. The van der Waals surface area contributed by atoms with E-state index in [2.05, 4.69) is 26.1 Å². The van der Waals surface area contributed by atoms with Gasteiger partial charge >= 0.3 is 0 Å². The molecule has 0 amide bonds. The van der Waals surface area contributed by atoms with Crippen molar-refractivity contribution < 1.29 is 4.79 Å². The quantitative estimate of drug-likeness (QED) is 0.602. The highest BCUT2D eigenvalue weighted by Crippen LogP contribution is 2.16. The Labute approximate surface area is 63.0 Å². The number of nitrogens with one attached hydrogen (secondary N) is 1. The molecule has 0 aliphatic carbocycles. The van der Waals surface area contributed by atoms with Gasteiger partial charge in [0.2, 0.25) is 0 Å². The molecule has 0 aromatic rings. The van der Waals surface area contributed by atoms with Crippen LogP contribution < -0.4 is 5.32 Å². The molecule has 1 N–H and O–H groups in total. The van der Waals surface area contributed by atoms with Crippen molar-refractivity contribution >= 4 is 6.29 Å². The van der Waals surface area contributed by atoms with E-state index in [-0.39, 0.29) is 11.5 Å².